The van der Waals surface area contributed by atoms with E-state index in [1.54, 1.807) is 7.11 Å². The Kier molecular flexibility index (Phi) is 4.34. The van der Waals surface area contributed by atoms with E-state index in [2.05, 4.69) is 21.3 Å². The summed E-state index contributed by atoms with van der Waals surface area (Å²) in [7, 11) is 3.76. The van der Waals surface area contributed by atoms with Crippen LogP contribution in [0.4, 0.5) is 5.82 Å². The first kappa shape index (κ1) is 12.3. The SMILES string of the molecule is CNCc1cccnc1N1CCCC(OC)C1. The fourth-order valence-corrected chi connectivity index (χ4v) is 2.37. The van der Waals surface area contributed by atoms with Gasteiger partial charge in [-0.1, -0.05) is 6.07 Å². The van der Waals surface area contributed by atoms with Crippen molar-refractivity contribution >= 4 is 5.82 Å². The molecule has 0 radical (unpaired) electrons. The molecule has 17 heavy (non-hydrogen) atoms. The molecule has 1 unspecified atom stereocenters. The zero-order valence-corrected chi connectivity index (χ0v) is 10.6. The molecule has 0 aliphatic carbocycles. The number of hydrogen-bond acceptors (Lipinski definition) is 4. The first-order chi connectivity index (χ1) is 8.35. The van der Waals surface area contributed by atoms with Crippen molar-refractivity contribution in [1.29, 1.82) is 0 Å². The van der Waals surface area contributed by atoms with E-state index in [4.69, 9.17) is 4.74 Å². The molecule has 4 nitrogen and oxygen atoms in total. The van der Waals surface area contributed by atoms with Gasteiger partial charge in [0.1, 0.15) is 5.82 Å². The van der Waals surface area contributed by atoms with Crippen molar-refractivity contribution < 1.29 is 4.74 Å². The van der Waals surface area contributed by atoms with E-state index in [-0.39, 0.29) is 0 Å². The lowest BCUT2D eigenvalue weighted by Crippen LogP contribution is -2.40. The van der Waals surface area contributed by atoms with Crippen molar-refractivity contribution in [2.24, 2.45) is 0 Å². The minimum absolute atomic E-state index is 0.341. The minimum atomic E-state index is 0.341. The molecule has 2 rings (SSSR count). The fraction of sp³-hybridized carbons (Fsp3) is 0.615. The number of ether oxygens (including phenoxy) is 1. The van der Waals surface area contributed by atoms with Crippen molar-refractivity contribution in [2.45, 2.75) is 25.5 Å². The van der Waals surface area contributed by atoms with E-state index >= 15 is 0 Å². The Morgan fingerprint density at radius 3 is 3.24 bits per heavy atom. The number of anilines is 1. The lowest BCUT2D eigenvalue weighted by Gasteiger charge is -2.33. The van der Waals surface area contributed by atoms with Gasteiger partial charge in [-0.2, -0.15) is 0 Å². The van der Waals surface area contributed by atoms with Crippen LogP contribution < -0.4 is 10.2 Å². The zero-order valence-electron chi connectivity index (χ0n) is 10.6. The van der Waals surface area contributed by atoms with E-state index < -0.39 is 0 Å². The molecular weight excluding hydrogens is 214 g/mol. The number of piperidine rings is 1. The Bertz CT molecular complexity index is 356. The van der Waals surface area contributed by atoms with Gasteiger partial charge in [-0.05, 0) is 26.0 Å². The first-order valence-corrected chi connectivity index (χ1v) is 6.21. The van der Waals surface area contributed by atoms with Crippen LogP contribution in [-0.4, -0.2) is 38.3 Å². The Balaban J connectivity index is 2.15. The average molecular weight is 235 g/mol. The number of hydrogen-bond donors (Lipinski definition) is 1. The van der Waals surface area contributed by atoms with E-state index in [0.29, 0.717) is 6.10 Å². The number of aromatic nitrogens is 1. The summed E-state index contributed by atoms with van der Waals surface area (Å²) >= 11 is 0. The molecule has 1 aliphatic heterocycles. The molecule has 1 aliphatic rings. The summed E-state index contributed by atoms with van der Waals surface area (Å²) in [4.78, 5) is 6.86. The molecule has 1 saturated heterocycles. The largest absolute Gasteiger partial charge is 0.380 e. The molecule has 0 bridgehead atoms. The van der Waals surface area contributed by atoms with Gasteiger partial charge in [-0.3, -0.25) is 0 Å². The number of nitrogens with one attached hydrogen (secondary N) is 1. The van der Waals surface area contributed by atoms with Crippen molar-refractivity contribution in [3.05, 3.63) is 23.9 Å². The van der Waals surface area contributed by atoms with Gasteiger partial charge < -0.3 is 15.0 Å². The highest BCUT2D eigenvalue weighted by atomic mass is 16.5. The van der Waals surface area contributed by atoms with Gasteiger partial charge in [-0.15, -0.1) is 0 Å². The van der Waals surface area contributed by atoms with Crippen LogP contribution in [0.1, 0.15) is 18.4 Å². The molecule has 94 valence electrons. The summed E-state index contributed by atoms with van der Waals surface area (Å²) < 4.78 is 5.46. The Hall–Kier alpha value is -1.13. The Morgan fingerprint density at radius 1 is 1.59 bits per heavy atom. The molecule has 0 aromatic carbocycles. The molecule has 4 heteroatoms. The lowest BCUT2D eigenvalue weighted by molar-refractivity contribution is 0.0891. The van der Waals surface area contributed by atoms with Crippen LogP contribution in [0.5, 0.6) is 0 Å². The summed E-state index contributed by atoms with van der Waals surface area (Å²) in [5.41, 5.74) is 1.26. The van der Waals surface area contributed by atoms with Crippen LogP contribution in [0.15, 0.2) is 18.3 Å². The number of nitrogens with zero attached hydrogens (tertiary/aromatic N) is 2. The third-order valence-corrected chi connectivity index (χ3v) is 3.25. The van der Waals surface area contributed by atoms with E-state index in [0.717, 1.165) is 31.9 Å². The van der Waals surface area contributed by atoms with Crippen LogP contribution >= 0.6 is 0 Å². The normalized spacial score (nSPS) is 20.6. The highest BCUT2D eigenvalue weighted by molar-refractivity contribution is 5.47. The maximum Gasteiger partial charge on any atom is 0.133 e. The van der Waals surface area contributed by atoms with Crippen molar-refractivity contribution in [3.8, 4) is 0 Å². The molecule has 1 N–H and O–H groups in total. The van der Waals surface area contributed by atoms with Gasteiger partial charge in [0, 0.05) is 38.5 Å². The summed E-state index contributed by atoms with van der Waals surface area (Å²) in [6.45, 7) is 2.88. The molecular formula is C13H21N3O. The summed E-state index contributed by atoms with van der Waals surface area (Å²) in [6, 6.07) is 4.13. The third-order valence-electron chi connectivity index (χ3n) is 3.25. The molecule has 0 amide bonds. The van der Waals surface area contributed by atoms with Crippen LogP contribution in [0.25, 0.3) is 0 Å². The Labute approximate surface area is 103 Å². The van der Waals surface area contributed by atoms with Gasteiger partial charge in [0.05, 0.1) is 6.10 Å². The molecule has 2 heterocycles. The number of methoxy groups -OCH3 is 1. The number of rotatable bonds is 4. The van der Waals surface area contributed by atoms with Gasteiger partial charge in [-0.25, -0.2) is 4.98 Å². The Morgan fingerprint density at radius 2 is 2.47 bits per heavy atom. The fourth-order valence-electron chi connectivity index (χ4n) is 2.37. The van der Waals surface area contributed by atoms with Crippen LogP contribution in [-0.2, 0) is 11.3 Å². The quantitative estimate of drug-likeness (QED) is 0.856. The van der Waals surface area contributed by atoms with Gasteiger partial charge in [0.25, 0.3) is 0 Å². The van der Waals surface area contributed by atoms with Crippen LogP contribution in [0.3, 0.4) is 0 Å². The second kappa shape index (κ2) is 5.98. The van der Waals surface area contributed by atoms with Gasteiger partial charge in [0.15, 0.2) is 0 Å². The van der Waals surface area contributed by atoms with E-state index in [1.165, 1.54) is 12.0 Å². The molecule has 1 aromatic heterocycles. The maximum absolute atomic E-state index is 5.46. The van der Waals surface area contributed by atoms with Crippen molar-refractivity contribution in [2.75, 3.05) is 32.1 Å². The van der Waals surface area contributed by atoms with Crippen LogP contribution in [0, 0.1) is 0 Å². The average Bonchev–Trinajstić information content (AvgIpc) is 2.40. The maximum atomic E-state index is 5.46. The highest BCUT2D eigenvalue weighted by Crippen LogP contribution is 2.22. The second-order valence-electron chi connectivity index (χ2n) is 4.46. The second-order valence-corrected chi connectivity index (χ2v) is 4.46. The predicted molar refractivity (Wildman–Crippen MR) is 69.2 cm³/mol. The summed E-state index contributed by atoms with van der Waals surface area (Å²) in [6.07, 6.45) is 4.54. The monoisotopic (exact) mass is 235 g/mol. The number of pyridine rings is 1. The smallest absolute Gasteiger partial charge is 0.133 e. The zero-order chi connectivity index (χ0) is 12.1. The van der Waals surface area contributed by atoms with Gasteiger partial charge in [0.2, 0.25) is 0 Å². The van der Waals surface area contributed by atoms with Crippen molar-refractivity contribution in [3.63, 3.8) is 0 Å². The highest BCUT2D eigenvalue weighted by Gasteiger charge is 2.21. The first-order valence-electron chi connectivity index (χ1n) is 6.21. The molecule has 0 spiro atoms. The minimum Gasteiger partial charge on any atom is -0.380 e. The summed E-state index contributed by atoms with van der Waals surface area (Å²) in [5.74, 6) is 1.10. The summed E-state index contributed by atoms with van der Waals surface area (Å²) in [5, 5.41) is 3.19. The molecule has 1 aromatic rings. The molecule has 1 fully saturated rings. The molecule has 0 saturated carbocycles. The van der Waals surface area contributed by atoms with E-state index in [9.17, 15) is 0 Å². The van der Waals surface area contributed by atoms with Gasteiger partial charge >= 0.3 is 0 Å². The van der Waals surface area contributed by atoms with Crippen molar-refractivity contribution in [1.82, 2.24) is 10.3 Å². The van der Waals surface area contributed by atoms with E-state index in [1.807, 2.05) is 19.3 Å². The standard InChI is InChI=1S/C13H21N3O/c1-14-9-11-5-3-7-15-13(11)16-8-4-6-12(10-16)17-2/h3,5,7,12,14H,4,6,8-10H2,1-2H3. The lowest BCUT2D eigenvalue weighted by atomic mass is 10.1. The third kappa shape index (κ3) is 2.96. The predicted octanol–water partition coefficient (Wildman–Crippen LogP) is 1.42. The van der Waals surface area contributed by atoms with Crippen LogP contribution in [0.2, 0.25) is 0 Å². The topological polar surface area (TPSA) is 37.4 Å². The molecule has 1 atom stereocenters.